The molecule has 4 nitrogen and oxygen atoms in total. The van der Waals surface area contributed by atoms with Crippen molar-refractivity contribution in [3.05, 3.63) is 57.5 Å². The Kier molecular flexibility index (Phi) is 4.39. The second-order valence-electron chi connectivity index (χ2n) is 4.08. The quantitative estimate of drug-likeness (QED) is 0.909. The zero-order valence-electron chi connectivity index (χ0n) is 10.4. The first-order valence-corrected chi connectivity index (χ1v) is 6.51. The van der Waals surface area contributed by atoms with Gasteiger partial charge in [0.25, 0.3) is 0 Å². The third-order valence-electron chi connectivity index (χ3n) is 2.70. The Hall–Kier alpha value is -1.59. The van der Waals surface area contributed by atoms with E-state index < -0.39 is 5.97 Å². The Bertz CT molecular complexity index is 589. The zero-order valence-corrected chi connectivity index (χ0v) is 11.9. The third-order valence-corrected chi connectivity index (χ3v) is 3.48. The molecule has 0 aliphatic carbocycles. The number of aryl methyl sites for hydroxylation is 1. The maximum absolute atomic E-state index is 10.8. The molecule has 0 bridgehead atoms. The number of hydrogen-bond donors (Lipinski definition) is 1. The number of carbonyl (C=O) groups is 1. The van der Waals surface area contributed by atoms with E-state index in [1.165, 1.54) is 6.07 Å². The van der Waals surface area contributed by atoms with Gasteiger partial charge in [-0.1, -0.05) is 34.1 Å². The number of aromatic carboxylic acids is 1. The summed E-state index contributed by atoms with van der Waals surface area (Å²) in [6.07, 6.45) is 0. The van der Waals surface area contributed by atoms with Crippen LogP contribution in [-0.4, -0.2) is 11.1 Å². The number of halogens is 1. The average molecular weight is 325 g/mol. The Morgan fingerprint density at radius 1 is 1.32 bits per heavy atom. The van der Waals surface area contributed by atoms with Gasteiger partial charge in [0.2, 0.25) is 5.76 Å². The van der Waals surface area contributed by atoms with E-state index in [4.69, 9.17) is 14.3 Å². The van der Waals surface area contributed by atoms with Gasteiger partial charge in [0.15, 0.2) is 0 Å². The van der Waals surface area contributed by atoms with Crippen LogP contribution in [0.4, 0.5) is 0 Å². The third kappa shape index (κ3) is 3.45. The highest BCUT2D eigenvalue weighted by molar-refractivity contribution is 9.10. The molecule has 0 fully saturated rings. The molecule has 2 aromatic rings. The molecule has 2 rings (SSSR count). The van der Waals surface area contributed by atoms with Crippen molar-refractivity contribution in [2.45, 2.75) is 20.1 Å². The lowest BCUT2D eigenvalue weighted by molar-refractivity contribution is 0.0661. The molecule has 19 heavy (non-hydrogen) atoms. The van der Waals surface area contributed by atoms with Gasteiger partial charge >= 0.3 is 5.97 Å². The second-order valence-corrected chi connectivity index (χ2v) is 4.94. The van der Waals surface area contributed by atoms with E-state index in [-0.39, 0.29) is 5.76 Å². The van der Waals surface area contributed by atoms with Crippen molar-refractivity contribution >= 4 is 21.9 Å². The van der Waals surface area contributed by atoms with Crippen LogP contribution in [0, 0.1) is 6.92 Å². The smallest absolute Gasteiger partial charge is 0.371 e. The van der Waals surface area contributed by atoms with Crippen LogP contribution in [0.5, 0.6) is 0 Å². The van der Waals surface area contributed by atoms with Crippen LogP contribution in [0.3, 0.4) is 0 Å². The largest absolute Gasteiger partial charge is 0.475 e. The Morgan fingerprint density at radius 2 is 2.00 bits per heavy atom. The van der Waals surface area contributed by atoms with Crippen molar-refractivity contribution in [2.24, 2.45) is 0 Å². The molecule has 1 N–H and O–H groups in total. The fourth-order valence-corrected chi connectivity index (χ4v) is 2.05. The molecule has 0 radical (unpaired) electrons. The minimum Gasteiger partial charge on any atom is -0.475 e. The monoisotopic (exact) mass is 324 g/mol. The van der Waals surface area contributed by atoms with Crippen LogP contribution in [0.15, 0.2) is 39.2 Å². The lowest BCUT2D eigenvalue weighted by atomic mass is 10.2. The van der Waals surface area contributed by atoms with Crippen LogP contribution in [0.25, 0.3) is 0 Å². The van der Waals surface area contributed by atoms with E-state index in [0.717, 1.165) is 15.6 Å². The molecule has 1 aromatic heterocycles. The van der Waals surface area contributed by atoms with Gasteiger partial charge < -0.3 is 14.3 Å². The normalized spacial score (nSPS) is 10.6. The second kappa shape index (κ2) is 6.04. The molecule has 1 heterocycles. The lowest BCUT2D eigenvalue weighted by Gasteiger charge is -2.05. The maximum atomic E-state index is 10.8. The summed E-state index contributed by atoms with van der Waals surface area (Å²) in [5, 5.41) is 8.82. The van der Waals surface area contributed by atoms with Gasteiger partial charge in [-0.05, 0) is 24.6 Å². The summed E-state index contributed by atoms with van der Waals surface area (Å²) in [6.45, 7) is 2.50. The predicted octanol–water partition coefficient (Wildman–Crippen LogP) is 3.77. The van der Waals surface area contributed by atoms with E-state index in [2.05, 4.69) is 15.9 Å². The standard InChI is InChI=1S/C14H13BrO4/c1-9-11(6-13(19-9)14(16)17)8-18-7-10-4-2-3-5-12(10)15/h2-6H,7-8H2,1H3,(H,16,17). The average Bonchev–Trinajstić information content (AvgIpc) is 2.74. The minimum absolute atomic E-state index is 0.0583. The topological polar surface area (TPSA) is 59.7 Å². The van der Waals surface area contributed by atoms with Crippen molar-refractivity contribution in [2.75, 3.05) is 0 Å². The van der Waals surface area contributed by atoms with Gasteiger partial charge in [0.1, 0.15) is 5.76 Å². The fraction of sp³-hybridized carbons (Fsp3) is 0.214. The summed E-state index contributed by atoms with van der Waals surface area (Å²) < 4.78 is 11.7. The van der Waals surface area contributed by atoms with Crippen molar-refractivity contribution < 1.29 is 19.1 Å². The van der Waals surface area contributed by atoms with Gasteiger partial charge in [-0.2, -0.15) is 0 Å². The van der Waals surface area contributed by atoms with Gasteiger partial charge in [-0.3, -0.25) is 0 Å². The zero-order chi connectivity index (χ0) is 13.8. The molecule has 5 heteroatoms. The Balaban J connectivity index is 1.96. The highest BCUT2D eigenvalue weighted by Crippen LogP contribution is 2.19. The molecule has 100 valence electrons. The molecule has 0 saturated heterocycles. The number of benzene rings is 1. The van der Waals surface area contributed by atoms with E-state index in [1.807, 2.05) is 24.3 Å². The van der Waals surface area contributed by atoms with Crippen LogP contribution in [0.2, 0.25) is 0 Å². The van der Waals surface area contributed by atoms with Gasteiger partial charge in [-0.15, -0.1) is 0 Å². The number of carboxylic acids is 1. The van der Waals surface area contributed by atoms with Crippen LogP contribution in [-0.2, 0) is 18.0 Å². The van der Waals surface area contributed by atoms with Crippen LogP contribution in [0.1, 0.15) is 27.4 Å². The molecule has 0 aliphatic rings. The van der Waals surface area contributed by atoms with Crippen LogP contribution < -0.4 is 0 Å². The van der Waals surface area contributed by atoms with Crippen molar-refractivity contribution in [3.63, 3.8) is 0 Å². The first kappa shape index (κ1) is 13.8. The Morgan fingerprint density at radius 3 is 2.63 bits per heavy atom. The van der Waals surface area contributed by atoms with Gasteiger partial charge in [0.05, 0.1) is 13.2 Å². The molecule has 0 spiro atoms. The highest BCUT2D eigenvalue weighted by Gasteiger charge is 2.13. The highest BCUT2D eigenvalue weighted by atomic mass is 79.9. The summed E-state index contributed by atoms with van der Waals surface area (Å²) in [5.74, 6) is -0.554. The van der Waals surface area contributed by atoms with E-state index in [0.29, 0.717) is 19.0 Å². The van der Waals surface area contributed by atoms with E-state index in [9.17, 15) is 4.79 Å². The minimum atomic E-state index is -1.07. The molecule has 1 aromatic carbocycles. The molecule has 0 saturated carbocycles. The summed E-state index contributed by atoms with van der Waals surface area (Å²) in [5.41, 5.74) is 1.80. The first-order chi connectivity index (χ1) is 9.08. The molecular formula is C14H13BrO4. The summed E-state index contributed by atoms with van der Waals surface area (Å²) in [7, 11) is 0. The first-order valence-electron chi connectivity index (χ1n) is 5.71. The number of carboxylic acid groups (broad SMARTS) is 1. The van der Waals surface area contributed by atoms with Crippen molar-refractivity contribution in [1.29, 1.82) is 0 Å². The summed E-state index contributed by atoms with van der Waals surface area (Å²) in [4.78, 5) is 10.8. The maximum Gasteiger partial charge on any atom is 0.371 e. The molecular weight excluding hydrogens is 312 g/mol. The fourth-order valence-electron chi connectivity index (χ4n) is 1.65. The number of ether oxygens (including phenoxy) is 1. The van der Waals surface area contributed by atoms with Gasteiger partial charge in [-0.25, -0.2) is 4.79 Å². The van der Waals surface area contributed by atoms with Crippen molar-refractivity contribution in [3.8, 4) is 0 Å². The van der Waals surface area contributed by atoms with E-state index in [1.54, 1.807) is 6.92 Å². The molecule has 0 unspecified atom stereocenters. The summed E-state index contributed by atoms with van der Waals surface area (Å²) >= 11 is 3.44. The van der Waals surface area contributed by atoms with Gasteiger partial charge in [0, 0.05) is 10.0 Å². The number of rotatable bonds is 5. The molecule has 0 amide bonds. The van der Waals surface area contributed by atoms with Crippen molar-refractivity contribution in [1.82, 2.24) is 0 Å². The Labute approximate surface area is 119 Å². The lowest BCUT2D eigenvalue weighted by Crippen LogP contribution is -1.95. The van der Waals surface area contributed by atoms with Crippen LogP contribution >= 0.6 is 15.9 Å². The molecule has 0 aliphatic heterocycles. The molecule has 0 atom stereocenters. The predicted molar refractivity (Wildman–Crippen MR) is 73.0 cm³/mol. The van der Waals surface area contributed by atoms with E-state index >= 15 is 0 Å². The number of hydrogen-bond acceptors (Lipinski definition) is 3. The number of furan rings is 1. The SMILES string of the molecule is Cc1oc(C(=O)O)cc1COCc1ccccc1Br. The summed E-state index contributed by atoms with van der Waals surface area (Å²) in [6, 6.07) is 9.29.